The first-order valence-corrected chi connectivity index (χ1v) is 7.65. The van der Waals surface area contributed by atoms with E-state index in [2.05, 4.69) is 73.0 Å². The lowest BCUT2D eigenvalue weighted by molar-refractivity contribution is 0.633. The third kappa shape index (κ3) is 4.81. The maximum atomic E-state index is 4.70. The van der Waals surface area contributed by atoms with Crippen LogP contribution in [0, 0.1) is 0 Å². The smallest absolute Gasteiger partial charge is 0.191 e. The summed E-state index contributed by atoms with van der Waals surface area (Å²) in [6, 6.07) is 8.99. The van der Waals surface area contributed by atoms with E-state index in [0.29, 0.717) is 12.6 Å². The molecule has 0 aromatic heterocycles. The lowest BCUT2D eigenvalue weighted by Crippen LogP contribution is -2.42. The van der Waals surface area contributed by atoms with E-state index < -0.39 is 0 Å². The van der Waals surface area contributed by atoms with Crippen LogP contribution in [0.25, 0.3) is 0 Å². The van der Waals surface area contributed by atoms with Crippen molar-refractivity contribution in [1.29, 1.82) is 0 Å². The van der Waals surface area contributed by atoms with Crippen molar-refractivity contribution in [2.24, 2.45) is 4.99 Å². The zero-order valence-corrected chi connectivity index (χ0v) is 13.3. The van der Waals surface area contributed by atoms with Gasteiger partial charge in [0.25, 0.3) is 0 Å². The molecule has 0 saturated carbocycles. The first-order valence-electron chi connectivity index (χ1n) is 7.65. The number of aliphatic imine (C=N–C) groups is 1. The van der Waals surface area contributed by atoms with Crippen molar-refractivity contribution in [3.8, 4) is 0 Å². The summed E-state index contributed by atoms with van der Waals surface area (Å²) in [7, 11) is 4.11. The van der Waals surface area contributed by atoms with Crippen molar-refractivity contribution in [3.05, 3.63) is 42.0 Å². The van der Waals surface area contributed by atoms with Crippen molar-refractivity contribution >= 4 is 11.6 Å². The molecule has 0 heterocycles. The van der Waals surface area contributed by atoms with Crippen LogP contribution >= 0.6 is 0 Å². The molecule has 1 aliphatic rings. The Morgan fingerprint density at radius 1 is 1.29 bits per heavy atom. The summed E-state index contributed by atoms with van der Waals surface area (Å²) in [5, 5.41) is 6.81. The van der Waals surface area contributed by atoms with Crippen molar-refractivity contribution in [3.63, 3.8) is 0 Å². The van der Waals surface area contributed by atoms with Crippen LogP contribution in [0.1, 0.15) is 25.3 Å². The van der Waals surface area contributed by atoms with Crippen LogP contribution in [0.2, 0.25) is 0 Å². The van der Waals surface area contributed by atoms with E-state index in [4.69, 9.17) is 4.99 Å². The lowest BCUT2D eigenvalue weighted by Gasteiger charge is -2.17. The van der Waals surface area contributed by atoms with Crippen molar-refractivity contribution in [2.45, 2.75) is 32.4 Å². The molecule has 2 rings (SSSR count). The van der Waals surface area contributed by atoms with Gasteiger partial charge in [-0.25, -0.2) is 4.99 Å². The number of anilines is 1. The Hall–Kier alpha value is -1.97. The minimum absolute atomic E-state index is 0.482. The third-order valence-electron chi connectivity index (χ3n) is 3.54. The molecule has 0 spiro atoms. The Morgan fingerprint density at radius 2 is 2.05 bits per heavy atom. The molecular weight excluding hydrogens is 260 g/mol. The molecule has 4 nitrogen and oxygen atoms in total. The summed E-state index contributed by atoms with van der Waals surface area (Å²) >= 11 is 0. The Labute approximate surface area is 128 Å². The number of nitrogens with one attached hydrogen (secondary N) is 2. The number of guanidine groups is 1. The Kier molecular flexibility index (Phi) is 5.67. The van der Waals surface area contributed by atoms with Gasteiger partial charge in [-0.05, 0) is 37.5 Å². The van der Waals surface area contributed by atoms with Crippen LogP contribution in [0.15, 0.2) is 41.4 Å². The number of benzene rings is 1. The Morgan fingerprint density at radius 3 is 2.71 bits per heavy atom. The second-order valence-electron chi connectivity index (χ2n) is 5.54. The minimum Gasteiger partial charge on any atom is -0.378 e. The second-order valence-corrected chi connectivity index (χ2v) is 5.54. The van der Waals surface area contributed by atoms with Gasteiger partial charge in [-0.15, -0.1) is 0 Å². The van der Waals surface area contributed by atoms with Gasteiger partial charge < -0.3 is 15.5 Å². The fourth-order valence-corrected chi connectivity index (χ4v) is 2.35. The van der Waals surface area contributed by atoms with Crippen LogP contribution in [0.5, 0.6) is 0 Å². The summed E-state index contributed by atoms with van der Waals surface area (Å²) in [6.07, 6.45) is 6.62. The normalized spacial score (nSPS) is 15.3. The summed E-state index contributed by atoms with van der Waals surface area (Å²) in [5.74, 6) is 0.904. The summed E-state index contributed by atoms with van der Waals surface area (Å²) in [4.78, 5) is 6.81. The molecule has 0 bridgehead atoms. The molecule has 1 aliphatic carbocycles. The first kappa shape index (κ1) is 15.4. The Bertz CT molecular complexity index is 497. The molecule has 0 unspecified atom stereocenters. The SMILES string of the molecule is CCNC(=NCc1cccc(N(C)C)c1)NC1CC=CC1. The molecule has 0 radical (unpaired) electrons. The van der Waals surface area contributed by atoms with Gasteiger partial charge in [0.05, 0.1) is 6.54 Å². The highest BCUT2D eigenvalue weighted by atomic mass is 15.2. The van der Waals surface area contributed by atoms with Crippen LogP contribution in [0.3, 0.4) is 0 Å². The van der Waals surface area contributed by atoms with Gasteiger partial charge in [0.1, 0.15) is 0 Å². The second kappa shape index (κ2) is 7.72. The predicted molar refractivity (Wildman–Crippen MR) is 90.9 cm³/mol. The van der Waals surface area contributed by atoms with E-state index in [1.54, 1.807) is 0 Å². The molecule has 21 heavy (non-hydrogen) atoms. The number of hydrogen-bond donors (Lipinski definition) is 2. The van der Waals surface area contributed by atoms with Gasteiger partial charge in [-0.2, -0.15) is 0 Å². The van der Waals surface area contributed by atoms with Gasteiger partial charge in [0.2, 0.25) is 0 Å². The summed E-state index contributed by atoms with van der Waals surface area (Å²) in [6.45, 7) is 3.66. The highest BCUT2D eigenvalue weighted by molar-refractivity contribution is 5.80. The Balaban J connectivity index is 1.99. The maximum absolute atomic E-state index is 4.70. The average molecular weight is 286 g/mol. The van der Waals surface area contributed by atoms with Gasteiger partial charge in [0, 0.05) is 32.4 Å². The fourth-order valence-electron chi connectivity index (χ4n) is 2.35. The molecule has 0 fully saturated rings. The lowest BCUT2D eigenvalue weighted by atomic mass is 10.2. The van der Waals surface area contributed by atoms with E-state index in [0.717, 1.165) is 25.3 Å². The van der Waals surface area contributed by atoms with Crippen LogP contribution in [0.4, 0.5) is 5.69 Å². The molecule has 1 aromatic rings. The number of rotatable bonds is 5. The first-order chi connectivity index (χ1) is 10.2. The molecule has 114 valence electrons. The van der Waals surface area contributed by atoms with Crippen molar-refractivity contribution in [1.82, 2.24) is 10.6 Å². The van der Waals surface area contributed by atoms with Crippen molar-refractivity contribution in [2.75, 3.05) is 25.5 Å². The zero-order valence-electron chi connectivity index (χ0n) is 13.3. The van der Waals surface area contributed by atoms with Crippen molar-refractivity contribution < 1.29 is 0 Å². The van der Waals surface area contributed by atoms with Gasteiger partial charge >= 0.3 is 0 Å². The zero-order chi connectivity index (χ0) is 15.1. The monoisotopic (exact) mass is 286 g/mol. The summed E-state index contributed by atoms with van der Waals surface area (Å²) < 4.78 is 0. The van der Waals surface area contributed by atoms with Gasteiger partial charge in [0.15, 0.2) is 5.96 Å². The van der Waals surface area contributed by atoms with Gasteiger partial charge in [-0.1, -0.05) is 24.3 Å². The van der Waals surface area contributed by atoms with Crippen LogP contribution in [-0.2, 0) is 6.54 Å². The molecule has 4 heteroatoms. The predicted octanol–water partition coefficient (Wildman–Crippen LogP) is 2.53. The number of hydrogen-bond acceptors (Lipinski definition) is 2. The third-order valence-corrected chi connectivity index (χ3v) is 3.54. The maximum Gasteiger partial charge on any atom is 0.191 e. The highest BCUT2D eigenvalue weighted by Gasteiger charge is 2.11. The summed E-state index contributed by atoms with van der Waals surface area (Å²) in [5.41, 5.74) is 2.43. The molecule has 0 saturated heterocycles. The average Bonchev–Trinajstić information content (AvgIpc) is 2.98. The highest BCUT2D eigenvalue weighted by Crippen LogP contribution is 2.14. The van der Waals surface area contributed by atoms with E-state index in [-0.39, 0.29) is 0 Å². The molecule has 2 N–H and O–H groups in total. The molecule has 0 amide bonds. The van der Waals surface area contributed by atoms with E-state index in [1.807, 2.05) is 0 Å². The van der Waals surface area contributed by atoms with E-state index in [9.17, 15) is 0 Å². The molecule has 1 aromatic carbocycles. The topological polar surface area (TPSA) is 39.7 Å². The van der Waals surface area contributed by atoms with E-state index >= 15 is 0 Å². The number of nitrogens with zero attached hydrogens (tertiary/aromatic N) is 2. The van der Waals surface area contributed by atoms with Crippen LogP contribution in [-0.4, -0.2) is 32.6 Å². The minimum atomic E-state index is 0.482. The van der Waals surface area contributed by atoms with Crippen LogP contribution < -0.4 is 15.5 Å². The standard InChI is InChI=1S/C17H26N4/c1-4-18-17(20-15-9-5-6-10-15)19-13-14-8-7-11-16(12-14)21(2)3/h5-8,11-12,15H,4,9-10,13H2,1-3H3,(H2,18,19,20). The molecule has 0 atom stereocenters. The quantitative estimate of drug-likeness (QED) is 0.496. The van der Waals surface area contributed by atoms with E-state index in [1.165, 1.54) is 11.3 Å². The fraction of sp³-hybridized carbons (Fsp3) is 0.471. The van der Waals surface area contributed by atoms with Gasteiger partial charge in [-0.3, -0.25) is 0 Å². The molecule has 0 aliphatic heterocycles. The molecular formula is C17H26N4. The largest absolute Gasteiger partial charge is 0.378 e.